The number of sulfonamides is 1. The third-order valence-electron chi connectivity index (χ3n) is 4.16. The van der Waals surface area contributed by atoms with Crippen molar-refractivity contribution in [1.82, 2.24) is 9.29 Å². The minimum Gasteiger partial charge on any atom is -0.330 e. The van der Waals surface area contributed by atoms with Crippen LogP contribution in [-0.2, 0) is 16.4 Å². The van der Waals surface area contributed by atoms with E-state index in [-0.39, 0.29) is 11.2 Å². The van der Waals surface area contributed by atoms with Crippen LogP contribution in [0.4, 0.5) is 0 Å². The van der Waals surface area contributed by atoms with E-state index in [0.717, 1.165) is 18.5 Å². The first kappa shape index (κ1) is 15.4. The molecular weight excluding hydrogens is 274 g/mol. The van der Waals surface area contributed by atoms with Gasteiger partial charge in [-0.1, -0.05) is 13.0 Å². The maximum Gasteiger partial charge on any atom is 0.214 e. The summed E-state index contributed by atoms with van der Waals surface area (Å²) in [4.78, 5) is 4.16. The fourth-order valence-corrected chi connectivity index (χ4v) is 3.88. The molecule has 0 spiro atoms. The Balaban J connectivity index is 1.92. The maximum atomic E-state index is 12.3. The molecule has 1 aliphatic heterocycles. The number of pyridine rings is 1. The molecule has 0 saturated carbocycles. The summed E-state index contributed by atoms with van der Waals surface area (Å²) in [5.41, 5.74) is 6.66. The molecule has 0 bridgehead atoms. The molecule has 112 valence electrons. The predicted molar refractivity (Wildman–Crippen MR) is 79.7 cm³/mol. The highest BCUT2D eigenvalue weighted by Crippen LogP contribution is 2.30. The third-order valence-corrected chi connectivity index (χ3v) is 6.03. The van der Waals surface area contributed by atoms with Crippen LogP contribution >= 0.6 is 0 Å². The molecule has 5 nitrogen and oxygen atoms in total. The van der Waals surface area contributed by atoms with Crippen LogP contribution in [0.5, 0.6) is 0 Å². The Morgan fingerprint density at radius 1 is 1.35 bits per heavy atom. The van der Waals surface area contributed by atoms with Gasteiger partial charge in [-0.2, -0.15) is 0 Å². The molecule has 0 radical (unpaired) electrons. The zero-order valence-electron chi connectivity index (χ0n) is 12.0. The van der Waals surface area contributed by atoms with Crippen molar-refractivity contribution in [3.63, 3.8) is 0 Å². The molecule has 1 fully saturated rings. The zero-order valence-corrected chi connectivity index (χ0v) is 12.8. The van der Waals surface area contributed by atoms with Gasteiger partial charge < -0.3 is 5.73 Å². The van der Waals surface area contributed by atoms with Gasteiger partial charge in [0.2, 0.25) is 10.0 Å². The highest BCUT2D eigenvalue weighted by molar-refractivity contribution is 7.89. The van der Waals surface area contributed by atoms with E-state index in [1.54, 1.807) is 10.5 Å². The van der Waals surface area contributed by atoms with Crippen molar-refractivity contribution in [2.45, 2.75) is 26.2 Å². The van der Waals surface area contributed by atoms with Gasteiger partial charge in [-0.05, 0) is 36.9 Å². The van der Waals surface area contributed by atoms with Crippen molar-refractivity contribution < 1.29 is 8.42 Å². The van der Waals surface area contributed by atoms with Crippen LogP contribution in [0, 0.1) is 5.41 Å². The average Bonchev–Trinajstić information content (AvgIpc) is 2.47. The first-order valence-electron chi connectivity index (χ1n) is 7.03. The molecular formula is C14H23N3O2S. The standard InChI is InChI=1S/C14H23N3O2S/c1-14(12-15)6-9-17(10-7-14)20(18,19)11-5-13-4-2-3-8-16-13/h2-4,8H,5-7,9-12,15H2,1H3. The first-order chi connectivity index (χ1) is 9.45. The minimum absolute atomic E-state index is 0.0903. The van der Waals surface area contributed by atoms with Crippen LogP contribution in [-0.4, -0.2) is 43.1 Å². The number of hydrogen-bond acceptors (Lipinski definition) is 4. The highest BCUT2D eigenvalue weighted by atomic mass is 32.2. The van der Waals surface area contributed by atoms with Crippen molar-refractivity contribution in [1.29, 1.82) is 0 Å². The van der Waals surface area contributed by atoms with Gasteiger partial charge in [-0.15, -0.1) is 0 Å². The van der Waals surface area contributed by atoms with Crippen LogP contribution in [0.25, 0.3) is 0 Å². The molecule has 6 heteroatoms. The largest absolute Gasteiger partial charge is 0.330 e. The van der Waals surface area contributed by atoms with E-state index in [1.165, 1.54) is 0 Å². The highest BCUT2D eigenvalue weighted by Gasteiger charge is 2.33. The van der Waals surface area contributed by atoms with E-state index in [2.05, 4.69) is 11.9 Å². The topological polar surface area (TPSA) is 76.3 Å². The number of aromatic nitrogens is 1. The Morgan fingerprint density at radius 2 is 2.05 bits per heavy atom. The van der Waals surface area contributed by atoms with Crippen LogP contribution in [0.2, 0.25) is 0 Å². The number of hydrogen-bond donors (Lipinski definition) is 1. The Morgan fingerprint density at radius 3 is 2.60 bits per heavy atom. The molecule has 1 aromatic rings. The van der Waals surface area contributed by atoms with E-state index < -0.39 is 10.0 Å². The van der Waals surface area contributed by atoms with E-state index in [9.17, 15) is 8.42 Å². The number of piperidine rings is 1. The number of aryl methyl sites for hydroxylation is 1. The lowest BCUT2D eigenvalue weighted by molar-refractivity contribution is 0.183. The predicted octanol–water partition coefficient (Wildman–Crippen LogP) is 1.01. The van der Waals surface area contributed by atoms with Crippen molar-refractivity contribution in [3.05, 3.63) is 30.1 Å². The molecule has 20 heavy (non-hydrogen) atoms. The van der Waals surface area contributed by atoms with Gasteiger partial charge >= 0.3 is 0 Å². The average molecular weight is 297 g/mol. The molecule has 0 unspecified atom stereocenters. The molecule has 0 amide bonds. The second-order valence-corrected chi connectivity index (χ2v) is 7.89. The zero-order chi connectivity index (χ0) is 14.6. The van der Waals surface area contributed by atoms with Gasteiger partial charge in [0.15, 0.2) is 0 Å². The normalized spacial score (nSPS) is 19.9. The summed E-state index contributed by atoms with van der Waals surface area (Å²) in [7, 11) is -3.19. The Hall–Kier alpha value is -0.980. The number of nitrogens with two attached hydrogens (primary N) is 1. The fourth-order valence-electron chi connectivity index (χ4n) is 2.42. The summed E-state index contributed by atoms with van der Waals surface area (Å²) in [5, 5.41) is 0. The number of rotatable bonds is 5. The molecule has 1 saturated heterocycles. The molecule has 1 aromatic heterocycles. The van der Waals surface area contributed by atoms with Gasteiger partial charge in [0.05, 0.1) is 5.75 Å². The Bertz CT molecular complexity index is 523. The van der Waals surface area contributed by atoms with E-state index in [0.29, 0.717) is 26.1 Å². The monoisotopic (exact) mass is 297 g/mol. The minimum atomic E-state index is -3.19. The van der Waals surface area contributed by atoms with Gasteiger partial charge in [0, 0.05) is 31.4 Å². The third kappa shape index (κ3) is 3.77. The molecule has 0 aromatic carbocycles. The van der Waals surface area contributed by atoms with Gasteiger partial charge in [0.25, 0.3) is 0 Å². The lowest BCUT2D eigenvalue weighted by atomic mass is 9.81. The number of nitrogens with zero attached hydrogens (tertiary/aromatic N) is 2. The molecule has 2 heterocycles. The van der Waals surface area contributed by atoms with E-state index in [1.807, 2.05) is 18.2 Å². The molecule has 1 aliphatic rings. The van der Waals surface area contributed by atoms with Crippen LogP contribution in [0.15, 0.2) is 24.4 Å². The van der Waals surface area contributed by atoms with Crippen molar-refractivity contribution in [3.8, 4) is 0 Å². The van der Waals surface area contributed by atoms with Crippen LogP contribution in [0.1, 0.15) is 25.5 Å². The summed E-state index contributed by atoms with van der Waals surface area (Å²) >= 11 is 0. The molecule has 0 aliphatic carbocycles. The lowest BCUT2D eigenvalue weighted by Gasteiger charge is -2.37. The molecule has 2 N–H and O–H groups in total. The quantitative estimate of drug-likeness (QED) is 0.880. The smallest absolute Gasteiger partial charge is 0.214 e. The Kier molecular flexibility index (Phi) is 4.78. The van der Waals surface area contributed by atoms with E-state index >= 15 is 0 Å². The first-order valence-corrected chi connectivity index (χ1v) is 8.64. The van der Waals surface area contributed by atoms with Gasteiger partial charge in [-0.3, -0.25) is 4.98 Å². The van der Waals surface area contributed by atoms with Crippen molar-refractivity contribution >= 4 is 10.0 Å². The summed E-state index contributed by atoms with van der Waals surface area (Å²) in [6.45, 7) is 3.91. The summed E-state index contributed by atoms with van der Waals surface area (Å²) in [6.07, 6.45) is 3.84. The van der Waals surface area contributed by atoms with Crippen LogP contribution < -0.4 is 5.73 Å². The van der Waals surface area contributed by atoms with Gasteiger partial charge in [-0.25, -0.2) is 12.7 Å². The Labute approximate surface area is 121 Å². The van der Waals surface area contributed by atoms with Crippen LogP contribution in [0.3, 0.4) is 0 Å². The summed E-state index contributed by atoms with van der Waals surface area (Å²) in [6, 6.07) is 5.57. The van der Waals surface area contributed by atoms with E-state index in [4.69, 9.17) is 5.73 Å². The summed E-state index contributed by atoms with van der Waals surface area (Å²) < 4.78 is 26.3. The van der Waals surface area contributed by atoms with Gasteiger partial charge in [0.1, 0.15) is 0 Å². The maximum absolute atomic E-state index is 12.3. The lowest BCUT2D eigenvalue weighted by Crippen LogP contribution is -2.45. The second-order valence-electron chi connectivity index (χ2n) is 5.80. The second kappa shape index (κ2) is 6.20. The fraction of sp³-hybridized carbons (Fsp3) is 0.643. The summed E-state index contributed by atoms with van der Waals surface area (Å²) in [5.74, 6) is 0.128. The molecule has 0 atom stereocenters. The van der Waals surface area contributed by atoms with Crippen molar-refractivity contribution in [2.75, 3.05) is 25.4 Å². The SMILES string of the molecule is CC1(CN)CCN(S(=O)(=O)CCc2ccccn2)CC1. The molecule has 2 rings (SSSR count). The van der Waals surface area contributed by atoms with Crippen molar-refractivity contribution in [2.24, 2.45) is 11.1 Å².